The number of pyridine rings is 1. The summed E-state index contributed by atoms with van der Waals surface area (Å²) in [5.41, 5.74) is 8.70. The molecule has 1 aromatic carbocycles. The Bertz CT molecular complexity index is 679. The minimum Gasteiger partial charge on any atom is -0.398 e. The van der Waals surface area contributed by atoms with Gasteiger partial charge in [-0.05, 0) is 18.2 Å². The summed E-state index contributed by atoms with van der Waals surface area (Å²) < 4.78 is 5.23. The molecule has 4 nitrogen and oxygen atoms in total. The van der Waals surface area contributed by atoms with Crippen LogP contribution in [0.3, 0.4) is 0 Å². The summed E-state index contributed by atoms with van der Waals surface area (Å²) >= 11 is 5.90. The predicted octanol–water partition coefficient (Wildman–Crippen LogP) is 3.13. The SMILES string of the molecule is Nc1cc(Cl)cc2onc(-c3ccncc3)c12. The summed E-state index contributed by atoms with van der Waals surface area (Å²) in [5, 5.41) is 5.34. The van der Waals surface area contributed by atoms with Crippen molar-refractivity contribution in [1.82, 2.24) is 10.1 Å². The number of nitrogens with zero attached hydrogens (tertiary/aromatic N) is 2. The number of benzene rings is 1. The largest absolute Gasteiger partial charge is 0.398 e. The van der Waals surface area contributed by atoms with E-state index in [0.717, 1.165) is 10.9 Å². The van der Waals surface area contributed by atoms with Gasteiger partial charge in [-0.25, -0.2) is 0 Å². The van der Waals surface area contributed by atoms with Gasteiger partial charge in [0.25, 0.3) is 0 Å². The highest BCUT2D eigenvalue weighted by Gasteiger charge is 2.13. The van der Waals surface area contributed by atoms with Gasteiger partial charge in [-0.3, -0.25) is 4.98 Å². The van der Waals surface area contributed by atoms with E-state index in [4.69, 9.17) is 21.9 Å². The monoisotopic (exact) mass is 245 g/mol. The summed E-state index contributed by atoms with van der Waals surface area (Å²) in [5.74, 6) is 0. The van der Waals surface area contributed by atoms with Gasteiger partial charge in [0.15, 0.2) is 5.58 Å². The molecule has 0 saturated heterocycles. The van der Waals surface area contributed by atoms with Gasteiger partial charge in [-0.1, -0.05) is 16.8 Å². The van der Waals surface area contributed by atoms with Gasteiger partial charge in [0.2, 0.25) is 0 Å². The molecular weight excluding hydrogens is 238 g/mol. The van der Waals surface area contributed by atoms with Crippen LogP contribution in [0.15, 0.2) is 41.2 Å². The number of fused-ring (bicyclic) bond motifs is 1. The number of hydrogen-bond acceptors (Lipinski definition) is 4. The molecule has 0 fully saturated rings. The molecule has 3 aromatic rings. The highest BCUT2D eigenvalue weighted by atomic mass is 35.5. The lowest BCUT2D eigenvalue weighted by Gasteiger charge is -1.99. The minimum absolute atomic E-state index is 0.535. The quantitative estimate of drug-likeness (QED) is 0.669. The van der Waals surface area contributed by atoms with Crippen LogP contribution in [0.1, 0.15) is 0 Å². The molecule has 0 unspecified atom stereocenters. The molecular formula is C12H8ClN3O. The molecule has 0 radical (unpaired) electrons. The predicted molar refractivity (Wildman–Crippen MR) is 66.7 cm³/mol. The number of aromatic nitrogens is 2. The normalized spacial score (nSPS) is 10.9. The number of rotatable bonds is 1. The van der Waals surface area contributed by atoms with Crippen molar-refractivity contribution in [2.45, 2.75) is 0 Å². The van der Waals surface area contributed by atoms with E-state index in [0.29, 0.717) is 22.0 Å². The number of nitrogens with two attached hydrogens (primary N) is 1. The lowest BCUT2D eigenvalue weighted by atomic mass is 10.1. The molecule has 2 heterocycles. The second-order valence-corrected chi connectivity index (χ2v) is 4.07. The first kappa shape index (κ1) is 10.1. The highest BCUT2D eigenvalue weighted by molar-refractivity contribution is 6.32. The van der Waals surface area contributed by atoms with E-state index in [1.165, 1.54) is 0 Å². The third kappa shape index (κ3) is 1.62. The molecule has 0 aliphatic heterocycles. The Kier molecular flexibility index (Phi) is 2.23. The molecule has 2 aromatic heterocycles. The molecule has 3 rings (SSSR count). The smallest absolute Gasteiger partial charge is 0.171 e. The molecule has 0 spiro atoms. The van der Waals surface area contributed by atoms with Gasteiger partial charge < -0.3 is 10.3 Å². The van der Waals surface area contributed by atoms with Crippen molar-refractivity contribution < 1.29 is 4.52 Å². The van der Waals surface area contributed by atoms with Crippen LogP contribution in [0.5, 0.6) is 0 Å². The molecule has 17 heavy (non-hydrogen) atoms. The zero-order chi connectivity index (χ0) is 11.8. The first-order valence-corrected chi connectivity index (χ1v) is 5.38. The average Bonchev–Trinajstić information content (AvgIpc) is 2.74. The Morgan fingerprint density at radius 3 is 2.71 bits per heavy atom. The number of anilines is 1. The van der Waals surface area contributed by atoms with Crippen LogP contribution in [-0.2, 0) is 0 Å². The van der Waals surface area contributed by atoms with Gasteiger partial charge in [-0.2, -0.15) is 0 Å². The van der Waals surface area contributed by atoms with Crippen LogP contribution in [0, 0.1) is 0 Å². The van der Waals surface area contributed by atoms with E-state index in [9.17, 15) is 0 Å². The van der Waals surface area contributed by atoms with Crippen LogP contribution < -0.4 is 5.73 Å². The zero-order valence-electron chi connectivity index (χ0n) is 8.72. The lowest BCUT2D eigenvalue weighted by Crippen LogP contribution is -1.87. The van der Waals surface area contributed by atoms with Gasteiger partial charge >= 0.3 is 0 Å². The molecule has 5 heteroatoms. The molecule has 0 saturated carbocycles. The first-order valence-electron chi connectivity index (χ1n) is 5.00. The van der Waals surface area contributed by atoms with Gasteiger partial charge in [0, 0.05) is 34.7 Å². The summed E-state index contributed by atoms with van der Waals surface area (Å²) in [6, 6.07) is 7.09. The molecule has 0 amide bonds. The molecule has 0 bridgehead atoms. The molecule has 0 aliphatic rings. The standard InChI is InChI=1S/C12H8ClN3O/c13-8-5-9(14)11-10(6-8)17-16-12(11)7-1-3-15-4-2-7/h1-6H,14H2. The highest BCUT2D eigenvalue weighted by Crippen LogP contribution is 2.33. The van der Waals surface area contributed by atoms with Crippen LogP contribution >= 0.6 is 11.6 Å². The summed E-state index contributed by atoms with van der Waals surface area (Å²) in [6.07, 6.45) is 3.39. The molecule has 0 aliphatic carbocycles. The summed E-state index contributed by atoms with van der Waals surface area (Å²) in [4.78, 5) is 3.96. The van der Waals surface area contributed by atoms with Crippen molar-refractivity contribution >= 4 is 28.3 Å². The van der Waals surface area contributed by atoms with Crippen molar-refractivity contribution in [2.24, 2.45) is 0 Å². The maximum atomic E-state index is 5.94. The fraction of sp³-hybridized carbons (Fsp3) is 0. The third-order valence-electron chi connectivity index (χ3n) is 2.52. The van der Waals surface area contributed by atoms with E-state index in [2.05, 4.69) is 10.1 Å². The van der Waals surface area contributed by atoms with E-state index in [-0.39, 0.29) is 0 Å². The van der Waals surface area contributed by atoms with Gasteiger partial charge in [-0.15, -0.1) is 0 Å². The summed E-state index contributed by atoms with van der Waals surface area (Å²) in [7, 11) is 0. The van der Waals surface area contributed by atoms with E-state index >= 15 is 0 Å². The summed E-state index contributed by atoms with van der Waals surface area (Å²) in [6.45, 7) is 0. The Hall–Kier alpha value is -2.07. The zero-order valence-corrected chi connectivity index (χ0v) is 9.48. The van der Waals surface area contributed by atoms with Crippen LogP contribution in [0.4, 0.5) is 5.69 Å². The van der Waals surface area contributed by atoms with Crippen LogP contribution in [0.25, 0.3) is 22.2 Å². The fourth-order valence-electron chi connectivity index (χ4n) is 1.77. The van der Waals surface area contributed by atoms with E-state index < -0.39 is 0 Å². The van der Waals surface area contributed by atoms with Crippen LogP contribution in [0.2, 0.25) is 5.02 Å². The first-order chi connectivity index (χ1) is 8.25. The second kappa shape index (κ2) is 3.75. The maximum absolute atomic E-state index is 5.94. The number of hydrogen-bond donors (Lipinski definition) is 1. The second-order valence-electron chi connectivity index (χ2n) is 3.64. The van der Waals surface area contributed by atoms with E-state index in [1.54, 1.807) is 24.5 Å². The van der Waals surface area contributed by atoms with Crippen molar-refractivity contribution in [1.29, 1.82) is 0 Å². The Morgan fingerprint density at radius 2 is 1.94 bits per heavy atom. The van der Waals surface area contributed by atoms with Gasteiger partial charge in [0.05, 0.1) is 5.39 Å². The maximum Gasteiger partial charge on any atom is 0.171 e. The fourth-order valence-corrected chi connectivity index (χ4v) is 1.99. The minimum atomic E-state index is 0.535. The lowest BCUT2D eigenvalue weighted by molar-refractivity contribution is 0.459. The van der Waals surface area contributed by atoms with E-state index in [1.807, 2.05) is 12.1 Å². The number of halogens is 1. The third-order valence-corrected chi connectivity index (χ3v) is 2.74. The van der Waals surface area contributed by atoms with Crippen molar-refractivity contribution in [2.75, 3.05) is 5.73 Å². The van der Waals surface area contributed by atoms with Crippen molar-refractivity contribution in [3.8, 4) is 11.3 Å². The topological polar surface area (TPSA) is 64.9 Å². The Balaban J connectivity index is 2.32. The van der Waals surface area contributed by atoms with Crippen molar-refractivity contribution in [3.63, 3.8) is 0 Å². The average molecular weight is 246 g/mol. The number of nitrogen functional groups attached to an aromatic ring is 1. The van der Waals surface area contributed by atoms with Crippen molar-refractivity contribution in [3.05, 3.63) is 41.7 Å². The Labute approximate surface area is 102 Å². The molecule has 2 N–H and O–H groups in total. The molecule has 84 valence electrons. The molecule has 0 atom stereocenters. The van der Waals surface area contributed by atoms with Crippen LogP contribution in [-0.4, -0.2) is 10.1 Å². The van der Waals surface area contributed by atoms with Gasteiger partial charge in [0.1, 0.15) is 5.69 Å². The Morgan fingerprint density at radius 1 is 1.18 bits per heavy atom.